The van der Waals surface area contributed by atoms with Crippen LogP contribution in [0, 0.1) is 0 Å². The molecule has 2 saturated heterocycles. The molecule has 0 aromatic carbocycles. The van der Waals surface area contributed by atoms with Crippen molar-refractivity contribution in [3.05, 3.63) is 0 Å². The van der Waals surface area contributed by atoms with Crippen LogP contribution in [0.5, 0.6) is 0 Å². The lowest BCUT2D eigenvalue weighted by Gasteiger charge is -2.46. The Morgan fingerprint density at radius 3 is 1.96 bits per heavy atom. The van der Waals surface area contributed by atoms with Crippen LogP contribution in [0.3, 0.4) is 0 Å². The first kappa shape index (κ1) is 22.4. The van der Waals surface area contributed by atoms with Crippen LogP contribution < -0.4 is 0 Å². The van der Waals surface area contributed by atoms with E-state index in [9.17, 15) is 30.6 Å². The van der Waals surface area contributed by atoms with Gasteiger partial charge in [0.2, 0.25) is 0 Å². The van der Waals surface area contributed by atoms with E-state index in [4.69, 9.17) is 18.9 Å². The van der Waals surface area contributed by atoms with Gasteiger partial charge in [0.15, 0.2) is 6.29 Å². The van der Waals surface area contributed by atoms with Crippen molar-refractivity contribution >= 4 is 15.8 Å². The second-order valence-electron chi connectivity index (χ2n) is 6.66. The zero-order valence-electron chi connectivity index (χ0n) is 14.7. The van der Waals surface area contributed by atoms with E-state index in [1.165, 1.54) is 6.92 Å². The summed E-state index contributed by atoms with van der Waals surface area (Å²) in [6, 6.07) is 0. The van der Waals surface area contributed by atoms with Crippen molar-refractivity contribution in [2.24, 2.45) is 0 Å². The number of aliphatic hydroxyl groups is 6. The first-order valence-corrected chi connectivity index (χ1v) is 9.19. The monoisotopic (exact) mass is 398 g/mol. The summed E-state index contributed by atoms with van der Waals surface area (Å²) in [5, 5.41) is 59.8. The van der Waals surface area contributed by atoms with Crippen molar-refractivity contribution in [1.29, 1.82) is 0 Å². The molecule has 0 spiro atoms. The molecule has 12 heteroatoms. The zero-order valence-corrected chi connectivity index (χ0v) is 15.8. The molecule has 2 aliphatic heterocycles. The van der Waals surface area contributed by atoms with Crippen LogP contribution in [0.2, 0.25) is 6.82 Å². The second kappa shape index (κ2) is 9.53. The first-order valence-electron chi connectivity index (χ1n) is 8.52. The molecule has 2 aliphatic rings. The number of hydrogen-bond donors (Lipinski definition) is 6. The van der Waals surface area contributed by atoms with Gasteiger partial charge in [0.1, 0.15) is 42.7 Å². The minimum Gasteiger partial charge on any atom is -0.424 e. The van der Waals surface area contributed by atoms with Crippen LogP contribution in [0.25, 0.3) is 0 Å². The summed E-state index contributed by atoms with van der Waals surface area (Å²) in [5.41, 5.74) is 0. The number of hydrogen-bond acceptors (Lipinski definition) is 10. The minimum absolute atomic E-state index is 0.360. The van der Waals surface area contributed by atoms with E-state index in [1.807, 2.05) is 0 Å². The normalized spacial score (nSPS) is 47.0. The van der Waals surface area contributed by atoms with E-state index >= 15 is 0 Å². The van der Waals surface area contributed by atoms with Gasteiger partial charge in [-0.3, -0.25) is 0 Å². The van der Waals surface area contributed by atoms with Crippen molar-refractivity contribution in [2.75, 3.05) is 13.2 Å². The highest BCUT2D eigenvalue weighted by Crippen LogP contribution is 2.30. The number of aliphatic hydroxyl groups excluding tert-OH is 6. The van der Waals surface area contributed by atoms with E-state index in [-0.39, 0.29) is 6.64 Å². The van der Waals surface area contributed by atoms with Crippen molar-refractivity contribution in [1.82, 2.24) is 0 Å². The van der Waals surface area contributed by atoms with E-state index < -0.39 is 74.4 Å². The van der Waals surface area contributed by atoms with Crippen LogP contribution in [0.15, 0.2) is 0 Å². The number of rotatable bonds is 6. The molecule has 6 N–H and O–H groups in total. The van der Waals surface area contributed by atoms with Gasteiger partial charge in [-0.25, -0.2) is 0 Å². The van der Waals surface area contributed by atoms with Crippen molar-refractivity contribution in [3.8, 4) is 0 Å². The maximum atomic E-state index is 10.3. The molecule has 0 amide bonds. The van der Waals surface area contributed by atoms with Crippen LogP contribution in [0.4, 0.5) is 0 Å². The van der Waals surface area contributed by atoms with E-state index in [0.29, 0.717) is 0 Å². The highest BCUT2D eigenvalue weighted by molar-refractivity contribution is 7.60. The molecule has 11 atom stereocenters. The SMILES string of the molecule is CB(P)O[C@@H]1C(CO)O[C@H](O[C@@H]2C(CO)O[C@@H](C)C(O)[C@H]2O)C(O)[C@H]1O. The van der Waals surface area contributed by atoms with E-state index in [2.05, 4.69) is 9.12 Å². The Hall–Kier alpha value is 0.0949. The smallest absolute Gasteiger partial charge is 0.312 e. The Morgan fingerprint density at radius 1 is 0.885 bits per heavy atom. The van der Waals surface area contributed by atoms with Gasteiger partial charge in [0, 0.05) is 0 Å². The summed E-state index contributed by atoms with van der Waals surface area (Å²) in [5.74, 6) is 0. The summed E-state index contributed by atoms with van der Waals surface area (Å²) in [4.78, 5) is 0. The zero-order chi connectivity index (χ0) is 19.6. The van der Waals surface area contributed by atoms with Gasteiger partial charge in [0.25, 0.3) is 0 Å². The maximum absolute atomic E-state index is 10.3. The molecule has 26 heavy (non-hydrogen) atoms. The molecule has 2 rings (SSSR count). The molecule has 10 nitrogen and oxygen atoms in total. The molecule has 0 radical (unpaired) electrons. The van der Waals surface area contributed by atoms with Gasteiger partial charge in [-0.2, -0.15) is 0 Å². The standard InChI is InChI=1S/C14H28BO10P/c1-5-8(18)9(19)12(6(3-16)22-5)24-14-11(21)10(20)13(25-15(2)26)7(4-17)23-14/h5-14,16-21H,3-4,26H2,1-2H3/t5-,6?,7?,8?,9+,10+,11?,12+,13+,14+/m0/s1. The predicted molar refractivity (Wildman–Crippen MR) is 92.3 cm³/mol. The average molecular weight is 398 g/mol. The van der Waals surface area contributed by atoms with Gasteiger partial charge in [-0.15, -0.1) is 9.12 Å². The molecule has 0 bridgehead atoms. The third-order valence-electron chi connectivity index (χ3n) is 4.59. The molecule has 0 aliphatic carbocycles. The average Bonchev–Trinajstić information content (AvgIpc) is 2.60. The molecule has 2 fully saturated rings. The van der Waals surface area contributed by atoms with Crippen molar-refractivity contribution < 1.29 is 49.5 Å². The van der Waals surface area contributed by atoms with Gasteiger partial charge in [0.05, 0.1) is 25.4 Å². The summed E-state index contributed by atoms with van der Waals surface area (Å²) in [7, 11) is 2.37. The second-order valence-corrected chi connectivity index (χ2v) is 7.60. The summed E-state index contributed by atoms with van der Waals surface area (Å²) < 4.78 is 21.9. The quantitative estimate of drug-likeness (QED) is 0.198. The van der Waals surface area contributed by atoms with Crippen molar-refractivity contribution in [2.45, 2.75) is 75.0 Å². The topological polar surface area (TPSA) is 158 Å². The Labute approximate surface area is 154 Å². The molecular formula is C14H28BO10P. The van der Waals surface area contributed by atoms with Crippen LogP contribution in [0.1, 0.15) is 6.92 Å². The Kier molecular flexibility index (Phi) is 8.21. The lowest BCUT2D eigenvalue weighted by molar-refractivity contribution is -0.339. The fourth-order valence-corrected chi connectivity index (χ4v) is 3.36. The van der Waals surface area contributed by atoms with Gasteiger partial charge >= 0.3 is 6.64 Å². The maximum Gasteiger partial charge on any atom is 0.312 e. The first-order chi connectivity index (χ1) is 12.2. The summed E-state index contributed by atoms with van der Waals surface area (Å²) >= 11 is 0. The lowest BCUT2D eigenvalue weighted by Crippen LogP contribution is -2.64. The summed E-state index contributed by atoms with van der Waals surface area (Å²) in [6.45, 7) is 1.88. The third kappa shape index (κ3) is 4.74. The highest BCUT2D eigenvalue weighted by atomic mass is 31.0. The molecule has 0 aromatic rings. The van der Waals surface area contributed by atoms with E-state index in [1.54, 1.807) is 6.82 Å². The fraction of sp³-hybridized carbons (Fsp3) is 1.00. The number of ether oxygens (including phenoxy) is 3. The molecule has 0 saturated carbocycles. The van der Waals surface area contributed by atoms with Gasteiger partial charge < -0.3 is 49.5 Å². The Balaban J connectivity index is 2.12. The Bertz CT molecular complexity index is 442. The van der Waals surface area contributed by atoms with Crippen molar-refractivity contribution in [3.63, 3.8) is 0 Å². The third-order valence-corrected chi connectivity index (χ3v) is 4.74. The predicted octanol–water partition coefficient (Wildman–Crippen LogP) is -3.31. The van der Waals surface area contributed by atoms with Crippen LogP contribution in [-0.4, -0.2) is 112 Å². The molecule has 2 heterocycles. The largest absolute Gasteiger partial charge is 0.424 e. The fourth-order valence-electron chi connectivity index (χ4n) is 3.18. The van der Waals surface area contributed by atoms with Crippen LogP contribution in [-0.2, 0) is 18.9 Å². The molecule has 152 valence electrons. The molecule has 0 aromatic heterocycles. The van der Waals surface area contributed by atoms with Crippen LogP contribution >= 0.6 is 9.12 Å². The van der Waals surface area contributed by atoms with Gasteiger partial charge in [-0.05, 0) is 6.92 Å². The molecule has 5 unspecified atom stereocenters. The van der Waals surface area contributed by atoms with Gasteiger partial charge in [-0.1, -0.05) is 6.82 Å². The minimum atomic E-state index is -1.55. The lowest BCUT2D eigenvalue weighted by atomic mass is 9.94. The van der Waals surface area contributed by atoms with E-state index in [0.717, 1.165) is 0 Å². The summed E-state index contributed by atoms with van der Waals surface area (Å²) in [6.07, 6.45) is -12.0. The highest BCUT2D eigenvalue weighted by Gasteiger charge is 2.50. The Morgan fingerprint density at radius 2 is 1.42 bits per heavy atom. The molecular weight excluding hydrogens is 370 g/mol.